The number of aryl methyl sites for hydroxylation is 1. The molecule has 0 aliphatic carbocycles. The standard InChI is InChI=1S/C22H35N5O2/c1-6-7-11-24-21-19(16(2)25-22(23)26-21)14-17-9-10-18(15-20(17)28-5)29-13-8-12-27(3)4/h9-10,15H,6-8,11-14H2,1-5H3,(H3,23,24,25,26). The molecule has 0 fully saturated rings. The van der Waals surface area contributed by atoms with Gasteiger partial charge in [-0.1, -0.05) is 19.4 Å². The number of hydrogen-bond acceptors (Lipinski definition) is 7. The molecule has 1 heterocycles. The minimum atomic E-state index is 0.290. The van der Waals surface area contributed by atoms with Crippen molar-refractivity contribution in [2.45, 2.75) is 39.5 Å². The second-order valence-corrected chi connectivity index (χ2v) is 7.43. The van der Waals surface area contributed by atoms with E-state index in [1.165, 1.54) is 0 Å². The first-order valence-corrected chi connectivity index (χ1v) is 10.3. The monoisotopic (exact) mass is 401 g/mol. The highest BCUT2D eigenvalue weighted by Gasteiger charge is 2.14. The third-order valence-electron chi connectivity index (χ3n) is 4.70. The molecule has 0 atom stereocenters. The van der Waals surface area contributed by atoms with Crippen molar-refractivity contribution in [2.75, 3.05) is 52.0 Å². The van der Waals surface area contributed by atoms with Crippen LogP contribution < -0.4 is 20.5 Å². The fourth-order valence-corrected chi connectivity index (χ4v) is 3.08. The summed E-state index contributed by atoms with van der Waals surface area (Å²) in [6.45, 7) is 6.66. The van der Waals surface area contributed by atoms with Crippen LogP contribution in [0, 0.1) is 6.92 Å². The number of rotatable bonds is 12. The molecule has 0 saturated heterocycles. The highest BCUT2D eigenvalue weighted by atomic mass is 16.5. The van der Waals surface area contributed by atoms with Crippen molar-refractivity contribution in [3.63, 3.8) is 0 Å². The molecule has 0 radical (unpaired) electrons. The van der Waals surface area contributed by atoms with Gasteiger partial charge in [-0.2, -0.15) is 4.98 Å². The zero-order valence-electron chi connectivity index (χ0n) is 18.4. The number of ether oxygens (including phenoxy) is 2. The van der Waals surface area contributed by atoms with Crippen molar-refractivity contribution in [3.05, 3.63) is 35.0 Å². The lowest BCUT2D eigenvalue weighted by Gasteiger charge is -2.16. The van der Waals surface area contributed by atoms with Crippen LogP contribution >= 0.6 is 0 Å². The van der Waals surface area contributed by atoms with Crippen molar-refractivity contribution >= 4 is 11.8 Å². The first-order valence-electron chi connectivity index (χ1n) is 10.3. The fourth-order valence-electron chi connectivity index (χ4n) is 3.08. The first kappa shape index (κ1) is 22.7. The quantitative estimate of drug-likeness (QED) is 0.526. The van der Waals surface area contributed by atoms with E-state index >= 15 is 0 Å². The van der Waals surface area contributed by atoms with Gasteiger partial charge in [0.1, 0.15) is 17.3 Å². The molecule has 0 unspecified atom stereocenters. The molecule has 0 saturated carbocycles. The Morgan fingerprint density at radius 3 is 2.66 bits per heavy atom. The molecule has 160 valence electrons. The number of nitrogen functional groups attached to an aromatic ring is 1. The van der Waals surface area contributed by atoms with Crippen LogP contribution in [0.15, 0.2) is 18.2 Å². The number of anilines is 2. The zero-order valence-corrected chi connectivity index (χ0v) is 18.4. The van der Waals surface area contributed by atoms with Gasteiger partial charge in [0, 0.05) is 36.8 Å². The molecule has 0 aliphatic rings. The van der Waals surface area contributed by atoms with Crippen LogP contribution in [0.2, 0.25) is 0 Å². The molecular formula is C22H35N5O2. The number of methoxy groups -OCH3 is 1. The Morgan fingerprint density at radius 2 is 1.97 bits per heavy atom. The van der Waals surface area contributed by atoms with Crippen LogP contribution in [0.4, 0.5) is 11.8 Å². The normalized spacial score (nSPS) is 11.0. The summed E-state index contributed by atoms with van der Waals surface area (Å²) in [6, 6.07) is 5.99. The number of aromatic nitrogens is 2. The Kier molecular flexibility index (Phi) is 8.99. The van der Waals surface area contributed by atoms with Crippen LogP contribution in [0.3, 0.4) is 0 Å². The summed E-state index contributed by atoms with van der Waals surface area (Å²) in [5, 5.41) is 3.41. The summed E-state index contributed by atoms with van der Waals surface area (Å²) >= 11 is 0. The van der Waals surface area contributed by atoms with E-state index in [-0.39, 0.29) is 0 Å². The fraction of sp³-hybridized carbons (Fsp3) is 0.545. The minimum Gasteiger partial charge on any atom is -0.496 e. The molecule has 0 spiro atoms. The summed E-state index contributed by atoms with van der Waals surface area (Å²) in [7, 11) is 5.81. The van der Waals surface area contributed by atoms with Gasteiger partial charge in [0.25, 0.3) is 0 Å². The summed E-state index contributed by atoms with van der Waals surface area (Å²) in [6.07, 6.45) is 3.83. The van der Waals surface area contributed by atoms with Crippen LogP contribution in [0.1, 0.15) is 43.0 Å². The van der Waals surface area contributed by atoms with E-state index in [0.717, 1.165) is 66.5 Å². The molecule has 0 bridgehead atoms. The summed E-state index contributed by atoms with van der Waals surface area (Å²) in [5.41, 5.74) is 8.84. The largest absolute Gasteiger partial charge is 0.496 e. The smallest absolute Gasteiger partial charge is 0.222 e. The number of nitrogens with one attached hydrogen (secondary N) is 1. The highest BCUT2D eigenvalue weighted by molar-refractivity contribution is 5.53. The number of hydrogen-bond donors (Lipinski definition) is 2. The van der Waals surface area contributed by atoms with Crippen molar-refractivity contribution in [1.82, 2.24) is 14.9 Å². The molecule has 7 nitrogen and oxygen atoms in total. The topological polar surface area (TPSA) is 85.5 Å². The molecular weight excluding hydrogens is 366 g/mol. The third-order valence-corrected chi connectivity index (χ3v) is 4.70. The van der Waals surface area contributed by atoms with E-state index in [1.54, 1.807) is 7.11 Å². The third kappa shape index (κ3) is 7.09. The molecule has 0 aliphatic heterocycles. The maximum atomic E-state index is 5.87. The molecule has 2 aromatic rings. The lowest BCUT2D eigenvalue weighted by Crippen LogP contribution is -2.15. The Bertz CT molecular complexity index is 780. The molecule has 3 N–H and O–H groups in total. The van der Waals surface area contributed by atoms with Crippen molar-refractivity contribution in [3.8, 4) is 11.5 Å². The summed E-state index contributed by atoms with van der Waals surface area (Å²) in [5.74, 6) is 2.70. The molecule has 0 amide bonds. The van der Waals surface area contributed by atoms with E-state index in [4.69, 9.17) is 15.2 Å². The van der Waals surface area contributed by atoms with Crippen molar-refractivity contribution in [2.24, 2.45) is 0 Å². The van der Waals surface area contributed by atoms with Crippen LogP contribution in [0.5, 0.6) is 11.5 Å². The second-order valence-electron chi connectivity index (χ2n) is 7.43. The van der Waals surface area contributed by atoms with Gasteiger partial charge >= 0.3 is 0 Å². The number of unbranched alkanes of at least 4 members (excludes halogenated alkanes) is 1. The molecule has 2 rings (SSSR count). The molecule has 1 aromatic heterocycles. The zero-order chi connectivity index (χ0) is 21.2. The van der Waals surface area contributed by atoms with Crippen LogP contribution in [-0.2, 0) is 6.42 Å². The van der Waals surface area contributed by atoms with Gasteiger partial charge in [-0.25, -0.2) is 4.98 Å². The van der Waals surface area contributed by atoms with Gasteiger partial charge in [0.05, 0.1) is 13.7 Å². The summed E-state index contributed by atoms with van der Waals surface area (Å²) < 4.78 is 11.5. The van der Waals surface area contributed by atoms with Crippen molar-refractivity contribution < 1.29 is 9.47 Å². The molecule has 1 aromatic carbocycles. The van der Waals surface area contributed by atoms with E-state index in [1.807, 2.05) is 25.1 Å². The van der Waals surface area contributed by atoms with Crippen molar-refractivity contribution in [1.29, 1.82) is 0 Å². The van der Waals surface area contributed by atoms with Crippen LogP contribution in [0.25, 0.3) is 0 Å². The predicted molar refractivity (Wildman–Crippen MR) is 119 cm³/mol. The number of benzene rings is 1. The van der Waals surface area contributed by atoms with Gasteiger partial charge in [-0.15, -0.1) is 0 Å². The van der Waals surface area contributed by atoms with Gasteiger partial charge in [-0.3, -0.25) is 0 Å². The van der Waals surface area contributed by atoms with Gasteiger partial charge in [0.15, 0.2) is 0 Å². The predicted octanol–water partition coefficient (Wildman–Crippen LogP) is 3.51. The van der Waals surface area contributed by atoms with Gasteiger partial charge in [-0.05, 0) is 45.5 Å². The van der Waals surface area contributed by atoms with E-state index in [2.05, 4.69) is 41.2 Å². The number of nitrogens with two attached hydrogens (primary N) is 1. The summed E-state index contributed by atoms with van der Waals surface area (Å²) in [4.78, 5) is 10.9. The Morgan fingerprint density at radius 1 is 1.17 bits per heavy atom. The first-order chi connectivity index (χ1) is 13.9. The maximum absolute atomic E-state index is 5.87. The highest BCUT2D eigenvalue weighted by Crippen LogP contribution is 2.29. The Hall–Kier alpha value is -2.54. The lowest BCUT2D eigenvalue weighted by atomic mass is 10.0. The Balaban J connectivity index is 2.16. The van der Waals surface area contributed by atoms with E-state index in [9.17, 15) is 0 Å². The van der Waals surface area contributed by atoms with Gasteiger partial charge < -0.3 is 25.4 Å². The average molecular weight is 402 g/mol. The SMILES string of the molecule is CCCCNc1nc(N)nc(C)c1Cc1ccc(OCCCN(C)C)cc1OC. The average Bonchev–Trinajstić information content (AvgIpc) is 2.68. The second kappa shape index (κ2) is 11.5. The van der Waals surface area contributed by atoms with Crippen LogP contribution in [-0.4, -0.2) is 55.8 Å². The minimum absolute atomic E-state index is 0.290. The Labute approximate surface area is 174 Å². The van der Waals surface area contributed by atoms with E-state index < -0.39 is 0 Å². The maximum Gasteiger partial charge on any atom is 0.222 e. The van der Waals surface area contributed by atoms with E-state index in [0.29, 0.717) is 19.0 Å². The molecule has 7 heteroatoms. The number of nitrogens with zero attached hydrogens (tertiary/aromatic N) is 3. The molecule has 29 heavy (non-hydrogen) atoms. The van der Waals surface area contributed by atoms with Gasteiger partial charge in [0.2, 0.25) is 5.95 Å². The lowest BCUT2D eigenvalue weighted by molar-refractivity contribution is 0.280.